The number of nitrogens with two attached hydrogens (primary N) is 1. The fourth-order valence-electron chi connectivity index (χ4n) is 1.27. The van der Waals surface area contributed by atoms with Crippen LogP contribution in [0.2, 0.25) is 0 Å². The van der Waals surface area contributed by atoms with E-state index in [2.05, 4.69) is 9.97 Å². The predicted molar refractivity (Wildman–Crippen MR) is 57.7 cm³/mol. The molecule has 1 aromatic heterocycles. The lowest BCUT2D eigenvalue weighted by Crippen LogP contribution is -2.37. The number of carbonyl (C=O) groups excluding carboxylic acids is 1. The van der Waals surface area contributed by atoms with Crippen molar-refractivity contribution < 1.29 is 14.3 Å². The Labute approximate surface area is 94.1 Å². The number of ether oxygens (including phenoxy) is 2. The summed E-state index contributed by atoms with van der Waals surface area (Å²) in [6, 6.07) is -0.681. The van der Waals surface area contributed by atoms with Crippen molar-refractivity contribution in [1.29, 1.82) is 0 Å². The van der Waals surface area contributed by atoms with Crippen LogP contribution in [0.5, 0.6) is 0 Å². The van der Waals surface area contributed by atoms with Crippen LogP contribution in [0.3, 0.4) is 0 Å². The highest BCUT2D eigenvalue weighted by atomic mass is 16.6. The van der Waals surface area contributed by atoms with Gasteiger partial charge in [0, 0.05) is 25.4 Å². The topological polar surface area (TPSA) is 90.2 Å². The SMILES string of the molecule is COCC(C)OC(=O)[C@H](N)Cc1cnc[nH]1. The highest BCUT2D eigenvalue weighted by molar-refractivity contribution is 5.75. The molecule has 1 heterocycles. The first-order chi connectivity index (χ1) is 7.63. The Morgan fingerprint density at radius 1 is 1.69 bits per heavy atom. The number of aromatic nitrogens is 2. The van der Waals surface area contributed by atoms with Crippen molar-refractivity contribution in [2.45, 2.75) is 25.5 Å². The van der Waals surface area contributed by atoms with E-state index in [4.69, 9.17) is 15.2 Å². The third-order valence-electron chi connectivity index (χ3n) is 2.02. The predicted octanol–water partition coefficient (Wildman–Crippen LogP) is -0.142. The molecule has 0 bridgehead atoms. The van der Waals surface area contributed by atoms with Gasteiger partial charge < -0.3 is 20.2 Å². The highest BCUT2D eigenvalue weighted by Crippen LogP contribution is 2.00. The van der Waals surface area contributed by atoms with E-state index in [1.165, 1.54) is 0 Å². The number of hydrogen-bond donors (Lipinski definition) is 2. The van der Waals surface area contributed by atoms with Gasteiger partial charge in [-0.3, -0.25) is 4.79 Å². The molecule has 1 aromatic rings. The summed E-state index contributed by atoms with van der Waals surface area (Å²) in [6.45, 7) is 2.12. The molecule has 0 spiro atoms. The van der Waals surface area contributed by atoms with Gasteiger partial charge in [-0.05, 0) is 6.92 Å². The van der Waals surface area contributed by atoms with Gasteiger partial charge in [0.25, 0.3) is 0 Å². The molecule has 1 rings (SSSR count). The molecule has 6 nitrogen and oxygen atoms in total. The normalized spacial score (nSPS) is 14.4. The van der Waals surface area contributed by atoms with Crippen molar-refractivity contribution >= 4 is 5.97 Å². The van der Waals surface area contributed by atoms with Crippen molar-refractivity contribution in [3.8, 4) is 0 Å². The maximum atomic E-state index is 11.5. The number of nitrogens with zero attached hydrogens (tertiary/aromatic N) is 1. The van der Waals surface area contributed by atoms with Crippen molar-refractivity contribution in [2.75, 3.05) is 13.7 Å². The van der Waals surface area contributed by atoms with Gasteiger partial charge in [-0.2, -0.15) is 0 Å². The maximum absolute atomic E-state index is 11.5. The molecule has 0 radical (unpaired) electrons. The standard InChI is InChI=1S/C10H17N3O3/c1-7(5-15-2)16-10(14)9(11)3-8-4-12-6-13-8/h4,6-7,9H,3,5,11H2,1-2H3,(H,12,13)/t7?,9-/m1/s1. The zero-order valence-electron chi connectivity index (χ0n) is 9.47. The lowest BCUT2D eigenvalue weighted by molar-refractivity contribution is -0.152. The van der Waals surface area contributed by atoms with E-state index < -0.39 is 12.0 Å². The number of methoxy groups -OCH3 is 1. The molecule has 0 saturated heterocycles. The fraction of sp³-hybridized carbons (Fsp3) is 0.600. The van der Waals surface area contributed by atoms with Gasteiger partial charge >= 0.3 is 5.97 Å². The smallest absolute Gasteiger partial charge is 0.323 e. The lowest BCUT2D eigenvalue weighted by atomic mass is 10.2. The number of aromatic amines is 1. The summed E-state index contributed by atoms with van der Waals surface area (Å²) in [7, 11) is 1.55. The van der Waals surface area contributed by atoms with Crippen LogP contribution in [0.25, 0.3) is 0 Å². The quantitative estimate of drug-likeness (QED) is 0.660. The van der Waals surface area contributed by atoms with Crippen molar-refractivity contribution in [2.24, 2.45) is 5.73 Å². The minimum Gasteiger partial charge on any atom is -0.459 e. The fourth-order valence-corrected chi connectivity index (χ4v) is 1.27. The second kappa shape index (κ2) is 6.24. The Morgan fingerprint density at radius 2 is 2.44 bits per heavy atom. The summed E-state index contributed by atoms with van der Waals surface area (Å²) in [5.41, 5.74) is 6.50. The number of nitrogens with one attached hydrogen (secondary N) is 1. The molecule has 90 valence electrons. The van der Waals surface area contributed by atoms with E-state index in [9.17, 15) is 4.79 Å². The third-order valence-corrected chi connectivity index (χ3v) is 2.02. The van der Waals surface area contributed by atoms with Crippen LogP contribution in [-0.4, -0.2) is 41.8 Å². The molecule has 0 aromatic carbocycles. The molecule has 16 heavy (non-hydrogen) atoms. The number of H-pyrrole nitrogens is 1. The van der Waals surface area contributed by atoms with Gasteiger partial charge in [-0.15, -0.1) is 0 Å². The average Bonchev–Trinajstić information content (AvgIpc) is 2.70. The summed E-state index contributed by atoms with van der Waals surface area (Å²) >= 11 is 0. The van der Waals surface area contributed by atoms with Gasteiger partial charge in [0.1, 0.15) is 12.1 Å². The Bertz CT molecular complexity index is 313. The Hall–Kier alpha value is -1.40. The van der Waals surface area contributed by atoms with E-state index in [-0.39, 0.29) is 6.10 Å². The molecular weight excluding hydrogens is 210 g/mol. The van der Waals surface area contributed by atoms with E-state index in [1.54, 1.807) is 26.6 Å². The van der Waals surface area contributed by atoms with Gasteiger partial charge in [0.15, 0.2) is 0 Å². The largest absolute Gasteiger partial charge is 0.459 e. The van der Waals surface area contributed by atoms with Crippen molar-refractivity contribution in [3.63, 3.8) is 0 Å². The summed E-state index contributed by atoms with van der Waals surface area (Å²) in [5.74, 6) is -0.431. The minimum atomic E-state index is -0.681. The Kier molecular flexibility index (Phi) is 4.94. The molecule has 0 aliphatic rings. The molecular formula is C10H17N3O3. The van der Waals surface area contributed by atoms with E-state index in [0.29, 0.717) is 13.0 Å². The summed E-state index contributed by atoms with van der Waals surface area (Å²) in [5, 5.41) is 0. The monoisotopic (exact) mass is 227 g/mol. The zero-order chi connectivity index (χ0) is 12.0. The second-order valence-electron chi connectivity index (χ2n) is 3.59. The van der Waals surface area contributed by atoms with E-state index in [1.807, 2.05) is 0 Å². The lowest BCUT2D eigenvalue weighted by Gasteiger charge is -2.15. The number of hydrogen-bond acceptors (Lipinski definition) is 5. The minimum absolute atomic E-state index is 0.287. The van der Waals surface area contributed by atoms with Crippen molar-refractivity contribution in [3.05, 3.63) is 18.2 Å². The Morgan fingerprint density at radius 3 is 3.00 bits per heavy atom. The number of rotatable bonds is 6. The van der Waals surface area contributed by atoms with Crippen LogP contribution in [0.15, 0.2) is 12.5 Å². The molecule has 0 amide bonds. The maximum Gasteiger partial charge on any atom is 0.323 e. The van der Waals surface area contributed by atoms with E-state index >= 15 is 0 Å². The summed E-state index contributed by atoms with van der Waals surface area (Å²) in [4.78, 5) is 18.2. The molecule has 1 unspecified atom stereocenters. The zero-order valence-corrected chi connectivity index (χ0v) is 9.47. The first kappa shape index (κ1) is 12.7. The molecule has 2 atom stereocenters. The number of imidazole rings is 1. The van der Waals surface area contributed by atoms with Gasteiger partial charge in [-0.1, -0.05) is 0 Å². The van der Waals surface area contributed by atoms with Gasteiger partial charge in [0.05, 0.1) is 12.9 Å². The highest BCUT2D eigenvalue weighted by Gasteiger charge is 2.18. The van der Waals surface area contributed by atoms with Crippen LogP contribution in [0.1, 0.15) is 12.6 Å². The Balaban J connectivity index is 2.36. The van der Waals surface area contributed by atoms with Gasteiger partial charge in [-0.25, -0.2) is 4.98 Å². The molecule has 0 fully saturated rings. The third kappa shape index (κ3) is 4.00. The van der Waals surface area contributed by atoms with Crippen molar-refractivity contribution in [1.82, 2.24) is 9.97 Å². The van der Waals surface area contributed by atoms with Gasteiger partial charge in [0.2, 0.25) is 0 Å². The molecule has 6 heteroatoms. The average molecular weight is 227 g/mol. The molecule has 0 saturated carbocycles. The summed E-state index contributed by atoms with van der Waals surface area (Å²) in [6.07, 6.45) is 3.27. The molecule has 0 aliphatic carbocycles. The first-order valence-electron chi connectivity index (χ1n) is 5.05. The van der Waals surface area contributed by atoms with Crippen LogP contribution in [0.4, 0.5) is 0 Å². The van der Waals surface area contributed by atoms with Crippen LogP contribution in [0, 0.1) is 0 Å². The van der Waals surface area contributed by atoms with E-state index in [0.717, 1.165) is 5.69 Å². The first-order valence-corrected chi connectivity index (χ1v) is 5.05. The van der Waals surface area contributed by atoms with Crippen LogP contribution < -0.4 is 5.73 Å². The molecule has 3 N–H and O–H groups in total. The number of carbonyl (C=O) groups is 1. The molecule has 0 aliphatic heterocycles. The second-order valence-corrected chi connectivity index (χ2v) is 3.59. The summed E-state index contributed by atoms with van der Waals surface area (Å²) < 4.78 is 9.93. The van der Waals surface area contributed by atoms with Crippen LogP contribution >= 0.6 is 0 Å². The van der Waals surface area contributed by atoms with Crippen LogP contribution in [-0.2, 0) is 20.7 Å². The number of esters is 1.